The van der Waals surface area contributed by atoms with Crippen molar-refractivity contribution >= 4 is 5.76 Å². The summed E-state index contributed by atoms with van der Waals surface area (Å²) in [7, 11) is 0. The van der Waals surface area contributed by atoms with Crippen LogP contribution in [0, 0.1) is 23.5 Å². The fourth-order valence-electron chi connectivity index (χ4n) is 3.16. The number of rotatable bonds is 8. The largest absolute Gasteiger partial charge is 0.493 e. The second-order valence-corrected chi connectivity index (χ2v) is 7.41. The van der Waals surface area contributed by atoms with Crippen LogP contribution in [0.2, 0.25) is 0 Å². The lowest BCUT2D eigenvalue weighted by molar-refractivity contribution is 0.153. The van der Waals surface area contributed by atoms with Gasteiger partial charge in [-0.3, -0.25) is 0 Å². The first-order valence-corrected chi connectivity index (χ1v) is 10.3. The molecular formula is C27H26F2O2. The molecule has 0 aromatic heterocycles. The van der Waals surface area contributed by atoms with Gasteiger partial charge in [-0.05, 0) is 36.1 Å². The van der Waals surface area contributed by atoms with E-state index in [1.54, 1.807) is 0 Å². The number of ether oxygens (including phenoxy) is 2. The van der Waals surface area contributed by atoms with Gasteiger partial charge in [0.2, 0.25) is 0 Å². The molecule has 0 saturated carbocycles. The molecule has 2 aromatic carbocycles. The third-order valence-electron chi connectivity index (χ3n) is 4.97. The van der Waals surface area contributed by atoms with Gasteiger partial charge in [0.1, 0.15) is 24.0 Å². The zero-order valence-electron chi connectivity index (χ0n) is 17.7. The van der Waals surface area contributed by atoms with Gasteiger partial charge in [0.05, 0.1) is 18.8 Å². The fourth-order valence-corrected chi connectivity index (χ4v) is 3.16. The van der Waals surface area contributed by atoms with E-state index in [0.29, 0.717) is 13.2 Å². The molecule has 3 rings (SSSR count). The third kappa shape index (κ3) is 6.67. The van der Waals surface area contributed by atoms with Crippen LogP contribution >= 0.6 is 0 Å². The van der Waals surface area contributed by atoms with Crippen molar-refractivity contribution in [3.8, 4) is 11.8 Å². The molecule has 1 aliphatic rings. The van der Waals surface area contributed by atoms with E-state index in [2.05, 4.69) is 30.6 Å². The molecule has 0 saturated heterocycles. The Labute approximate surface area is 182 Å². The lowest BCUT2D eigenvalue weighted by atomic mass is 10.0. The van der Waals surface area contributed by atoms with E-state index < -0.39 is 11.6 Å². The van der Waals surface area contributed by atoms with Crippen LogP contribution < -0.4 is 0 Å². The predicted molar refractivity (Wildman–Crippen MR) is 120 cm³/mol. The van der Waals surface area contributed by atoms with E-state index in [-0.39, 0.29) is 23.8 Å². The minimum Gasteiger partial charge on any atom is -0.493 e. The molecule has 160 valence electrons. The van der Waals surface area contributed by atoms with Crippen molar-refractivity contribution in [2.45, 2.75) is 32.3 Å². The molecule has 2 nitrogen and oxygen atoms in total. The van der Waals surface area contributed by atoms with Gasteiger partial charge >= 0.3 is 0 Å². The van der Waals surface area contributed by atoms with E-state index in [1.165, 1.54) is 18.2 Å². The minimum atomic E-state index is -0.682. The highest BCUT2D eigenvalue weighted by molar-refractivity contribution is 5.58. The van der Waals surface area contributed by atoms with Gasteiger partial charge in [0, 0.05) is 11.5 Å². The second kappa shape index (κ2) is 11.3. The van der Waals surface area contributed by atoms with Crippen molar-refractivity contribution in [2.24, 2.45) is 0 Å². The molecule has 0 aliphatic heterocycles. The topological polar surface area (TPSA) is 18.5 Å². The Balaban J connectivity index is 1.45. The van der Waals surface area contributed by atoms with Gasteiger partial charge in [-0.25, -0.2) is 8.78 Å². The Morgan fingerprint density at radius 1 is 1.10 bits per heavy atom. The highest BCUT2D eigenvalue weighted by Crippen LogP contribution is 2.24. The minimum absolute atomic E-state index is 0.00643. The van der Waals surface area contributed by atoms with Crippen molar-refractivity contribution in [3.05, 3.63) is 101 Å². The predicted octanol–water partition coefficient (Wildman–Crippen LogP) is 6.55. The molecule has 1 aliphatic carbocycles. The van der Waals surface area contributed by atoms with Crippen LogP contribution in [-0.4, -0.2) is 13.2 Å². The van der Waals surface area contributed by atoms with E-state index in [4.69, 9.17) is 9.47 Å². The van der Waals surface area contributed by atoms with Crippen LogP contribution in [0.3, 0.4) is 0 Å². The quantitative estimate of drug-likeness (QED) is 0.274. The second-order valence-electron chi connectivity index (χ2n) is 7.41. The Bertz CT molecular complexity index is 1000. The number of halogens is 2. The Morgan fingerprint density at radius 3 is 2.52 bits per heavy atom. The number of allylic oxidation sites excluding steroid dienone is 4. The lowest BCUT2D eigenvalue weighted by Crippen LogP contribution is -2.06. The zero-order valence-corrected chi connectivity index (χ0v) is 17.7. The van der Waals surface area contributed by atoms with E-state index >= 15 is 0 Å². The number of hydrogen-bond acceptors (Lipinski definition) is 2. The Hall–Kier alpha value is -3.16. The van der Waals surface area contributed by atoms with Crippen LogP contribution in [-0.2, 0) is 16.1 Å². The van der Waals surface area contributed by atoms with E-state index in [1.807, 2.05) is 37.3 Å². The van der Waals surface area contributed by atoms with Crippen molar-refractivity contribution < 1.29 is 18.3 Å². The van der Waals surface area contributed by atoms with Crippen molar-refractivity contribution in [1.82, 2.24) is 0 Å². The summed E-state index contributed by atoms with van der Waals surface area (Å²) in [5, 5.41) is 0. The molecule has 0 heterocycles. The molecule has 0 N–H and O–H groups in total. The normalized spacial score (nSPS) is 13.7. The first-order chi connectivity index (χ1) is 15.0. The van der Waals surface area contributed by atoms with Crippen LogP contribution in [0.1, 0.15) is 42.4 Å². The summed E-state index contributed by atoms with van der Waals surface area (Å²) < 4.78 is 38.8. The Morgan fingerprint density at radius 2 is 1.84 bits per heavy atom. The highest BCUT2D eigenvalue weighted by atomic mass is 19.1. The zero-order chi connectivity index (χ0) is 22.1. The van der Waals surface area contributed by atoms with Crippen LogP contribution in [0.4, 0.5) is 8.78 Å². The van der Waals surface area contributed by atoms with Gasteiger partial charge in [0.15, 0.2) is 0 Å². The summed E-state index contributed by atoms with van der Waals surface area (Å²) in [6.45, 7) is 6.79. The maximum atomic E-state index is 13.8. The molecule has 0 spiro atoms. The van der Waals surface area contributed by atoms with Crippen molar-refractivity contribution in [3.63, 3.8) is 0 Å². The molecule has 1 atom stereocenters. The summed E-state index contributed by atoms with van der Waals surface area (Å²) in [5.74, 6) is 4.80. The van der Waals surface area contributed by atoms with E-state index in [9.17, 15) is 8.78 Å². The molecule has 0 radical (unpaired) electrons. The third-order valence-corrected chi connectivity index (χ3v) is 4.97. The molecule has 0 fully saturated rings. The van der Waals surface area contributed by atoms with Crippen molar-refractivity contribution in [2.75, 3.05) is 13.2 Å². The van der Waals surface area contributed by atoms with Crippen molar-refractivity contribution in [1.29, 1.82) is 0 Å². The SMILES string of the molecule is C=C(OCC(C)c1ccc(COCC#CC2=CCCC=C2)cc1)c1c(F)cccc1F. The molecule has 0 bridgehead atoms. The monoisotopic (exact) mass is 420 g/mol. The average Bonchev–Trinajstić information content (AvgIpc) is 2.78. The smallest absolute Gasteiger partial charge is 0.137 e. The van der Waals surface area contributed by atoms with Crippen LogP contribution in [0.5, 0.6) is 0 Å². The lowest BCUT2D eigenvalue weighted by Gasteiger charge is -2.16. The summed E-state index contributed by atoms with van der Waals surface area (Å²) in [5.41, 5.74) is 2.94. The molecule has 2 aromatic rings. The van der Waals surface area contributed by atoms with Gasteiger partial charge in [-0.1, -0.05) is 73.9 Å². The number of benzene rings is 2. The summed E-state index contributed by atoms with van der Waals surface area (Å²) in [4.78, 5) is 0. The van der Waals surface area contributed by atoms with E-state index in [0.717, 1.165) is 29.5 Å². The highest BCUT2D eigenvalue weighted by Gasteiger charge is 2.15. The van der Waals surface area contributed by atoms with Gasteiger partial charge in [0.25, 0.3) is 0 Å². The summed E-state index contributed by atoms with van der Waals surface area (Å²) >= 11 is 0. The first-order valence-electron chi connectivity index (χ1n) is 10.3. The van der Waals surface area contributed by atoms with Gasteiger partial charge in [-0.2, -0.15) is 0 Å². The molecule has 1 unspecified atom stereocenters. The Kier molecular flexibility index (Phi) is 8.20. The molecule has 0 amide bonds. The summed E-state index contributed by atoms with van der Waals surface area (Å²) in [6.07, 6.45) is 8.44. The standard InChI is InChI=1S/C27H26F2O2/c1-20(18-31-21(2)27-25(28)11-6-12-26(27)29)24-15-13-23(14-16-24)19-30-17-7-10-22-8-4-3-5-9-22/h4,6,8-9,11-16,20H,2-3,5,17-19H2,1H3. The van der Waals surface area contributed by atoms with Gasteiger partial charge < -0.3 is 9.47 Å². The fraction of sp³-hybridized carbons (Fsp3) is 0.259. The maximum absolute atomic E-state index is 13.8. The average molecular weight is 420 g/mol. The first kappa shape index (κ1) is 22.5. The van der Waals surface area contributed by atoms with Crippen LogP contribution in [0.25, 0.3) is 5.76 Å². The molecule has 4 heteroatoms. The molecule has 31 heavy (non-hydrogen) atoms. The maximum Gasteiger partial charge on any atom is 0.137 e. The number of hydrogen-bond donors (Lipinski definition) is 0. The summed E-state index contributed by atoms with van der Waals surface area (Å²) in [6, 6.07) is 11.7. The molecular weight excluding hydrogens is 394 g/mol. The van der Waals surface area contributed by atoms with Gasteiger partial charge in [-0.15, -0.1) is 0 Å². The van der Waals surface area contributed by atoms with Crippen LogP contribution in [0.15, 0.2) is 72.8 Å².